The Morgan fingerprint density at radius 3 is 2.06 bits per heavy atom. The number of carbonyl (C=O) groups excluding carboxylic acids is 1. The van der Waals surface area contributed by atoms with Crippen molar-refractivity contribution in [3.63, 3.8) is 0 Å². The first kappa shape index (κ1) is 23.0. The van der Waals surface area contributed by atoms with Crippen LogP contribution in [0.25, 0.3) is 21.8 Å². The Bertz CT molecular complexity index is 993. The summed E-state index contributed by atoms with van der Waals surface area (Å²) in [6.07, 6.45) is 6.91. The van der Waals surface area contributed by atoms with Crippen LogP contribution in [0.2, 0.25) is 0 Å². The fourth-order valence-corrected chi connectivity index (χ4v) is 5.29. The molecule has 1 unspecified atom stereocenters. The molecule has 0 saturated carbocycles. The summed E-state index contributed by atoms with van der Waals surface area (Å²) in [6.45, 7) is 9.50. The number of para-hydroxylation sites is 2. The normalized spacial score (nSPS) is 16.6. The summed E-state index contributed by atoms with van der Waals surface area (Å²) in [7, 11) is 0. The Labute approximate surface area is 192 Å². The number of benzene rings is 2. The van der Waals surface area contributed by atoms with Crippen LogP contribution in [0.4, 0.5) is 0 Å². The second-order valence-electron chi connectivity index (χ2n) is 9.65. The predicted molar refractivity (Wildman–Crippen MR) is 133 cm³/mol. The number of morpholine rings is 1. The van der Waals surface area contributed by atoms with E-state index in [9.17, 15) is 4.79 Å². The highest BCUT2D eigenvalue weighted by molar-refractivity contribution is 6.09. The minimum Gasteiger partial charge on any atom is -0.379 e. The van der Waals surface area contributed by atoms with Gasteiger partial charge in [0.25, 0.3) is 0 Å². The zero-order valence-electron chi connectivity index (χ0n) is 20.0. The van der Waals surface area contributed by atoms with Gasteiger partial charge in [-0.25, -0.2) is 0 Å². The van der Waals surface area contributed by atoms with Crippen molar-refractivity contribution in [1.29, 1.82) is 0 Å². The molecule has 3 aromatic rings. The van der Waals surface area contributed by atoms with Crippen LogP contribution in [0.5, 0.6) is 0 Å². The van der Waals surface area contributed by atoms with Gasteiger partial charge in [0.2, 0.25) is 0 Å². The molecule has 0 radical (unpaired) electrons. The molecule has 0 aliphatic carbocycles. The molecule has 1 saturated heterocycles. The van der Waals surface area contributed by atoms with E-state index >= 15 is 0 Å². The van der Waals surface area contributed by atoms with E-state index in [1.807, 2.05) is 0 Å². The summed E-state index contributed by atoms with van der Waals surface area (Å²) >= 11 is 0. The second-order valence-corrected chi connectivity index (χ2v) is 9.65. The molecule has 2 aromatic carbocycles. The van der Waals surface area contributed by atoms with Crippen molar-refractivity contribution in [3.8, 4) is 0 Å². The molecule has 2 heterocycles. The number of ketones is 1. The maximum absolute atomic E-state index is 14.3. The number of unbranched alkanes of at least 4 members (excludes halogenated alkanes) is 4. The molecule has 1 aromatic heterocycles. The number of Topliss-reactive ketones (excluding diaryl/α,β-unsaturated/α-hetero) is 1. The second kappa shape index (κ2) is 10.2. The summed E-state index contributed by atoms with van der Waals surface area (Å²) < 4.78 is 7.91. The van der Waals surface area contributed by atoms with E-state index in [0.717, 1.165) is 25.9 Å². The SMILES string of the molecule is CCCCCCCC(C(=O)C(C)(C)N1CCOCC1)n1c2ccccc2c2ccccc21. The summed E-state index contributed by atoms with van der Waals surface area (Å²) in [5.41, 5.74) is 1.81. The Balaban J connectivity index is 1.75. The summed E-state index contributed by atoms with van der Waals surface area (Å²) in [5.74, 6) is 0.321. The molecule has 0 N–H and O–H groups in total. The standard InChI is InChI=1S/C28H38N2O2/c1-4-5-6-7-8-17-26(27(31)28(2,3)29-18-20-32-21-19-29)30-24-15-11-9-13-22(24)23-14-10-12-16-25(23)30/h9-16,26H,4-8,17-21H2,1-3H3. The van der Waals surface area contributed by atoms with Gasteiger partial charge in [-0.15, -0.1) is 0 Å². The van der Waals surface area contributed by atoms with Crippen LogP contribution in [0.15, 0.2) is 48.5 Å². The number of hydrogen-bond acceptors (Lipinski definition) is 3. The molecule has 32 heavy (non-hydrogen) atoms. The molecule has 172 valence electrons. The van der Waals surface area contributed by atoms with Gasteiger partial charge >= 0.3 is 0 Å². The maximum atomic E-state index is 14.3. The number of ether oxygens (including phenoxy) is 1. The quantitative estimate of drug-likeness (QED) is 0.347. The van der Waals surface area contributed by atoms with Crippen LogP contribution in [0.3, 0.4) is 0 Å². The Morgan fingerprint density at radius 1 is 0.906 bits per heavy atom. The van der Waals surface area contributed by atoms with Gasteiger partial charge in [0.15, 0.2) is 5.78 Å². The van der Waals surface area contributed by atoms with Crippen LogP contribution < -0.4 is 0 Å². The molecule has 1 atom stereocenters. The fraction of sp³-hybridized carbons (Fsp3) is 0.536. The van der Waals surface area contributed by atoms with Gasteiger partial charge < -0.3 is 9.30 Å². The topological polar surface area (TPSA) is 34.5 Å². The van der Waals surface area contributed by atoms with Gasteiger partial charge in [-0.1, -0.05) is 75.4 Å². The van der Waals surface area contributed by atoms with Crippen LogP contribution in [-0.4, -0.2) is 47.1 Å². The van der Waals surface area contributed by atoms with Gasteiger partial charge in [-0.2, -0.15) is 0 Å². The van der Waals surface area contributed by atoms with Gasteiger partial charge in [0.05, 0.1) is 24.8 Å². The molecule has 0 spiro atoms. The third-order valence-electron chi connectivity index (χ3n) is 7.22. The van der Waals surface area contributed by atoms with Gasteiger partial charge in [-0.05, 0) is 32.4 Å². The van der Waals surface area contributed by atoms with E-state index in [2.05, 4.69) is 78.8 Å². The van der Waals surface area contributed by atoms with Crippen molar-refractivity contribution in [2.75, 3.05) is 26.3 Å². The number of hydrogen-bond donors (Lipinski definition) is 0. The minimum atomic E-state index is -0.523. The smallest absolute Gasteiger partial charge is 0.175 e. The van der Waals surface area contributed by atoms with Crippen molar-refractivity contribution in [2.45, 2.75) is 70.9 Å². The van der Waals surface area contributed by atoms with E-state index in [-0.39, 0.29) is 6.04 Å². The van der Waals surface area contributed by atoms with Crippen molar-refractivity contribution < 1.29 is 9.53 Å². The van der Waals surface area contributed by atoms with Crippen LogP contribution in [0.1, 0.15) is 65.3 Å². The number of rotatable bonds is 10. The molecule has 4 heteroatoms. The molecule has 0 bridgehead atoms. The molecule has 1 aliphatic heterocycles. The first-order chi connectivity index (χ1) is 15.6. The lowest BCUT2D eigenvalue weighted by Crippen LogP contribution is -2.56. The number of nitrogens with zero attached hydrogens (tertiary/aromatic N) is 2. The van der Waals surface area contributed by atoms with Crippen LogP contribution in [-0.2, 0) is 9.53 Å². The predicted octanol–water partition coefficient (Wildman–Crippen LogP) is 6.38. The van der Waals surface area contributed by atoms with Gasteiger partial charge in [-0.3, -0.25) is 9.69 Å². The zero-order chi connectivity index (χ0) is 22.6. The monoisotopic (exact) mass is 434 g/mol. The van der Waals surface area contributed by atoms with E-state index < -0.39 is 5.54 Å². The summed E-state index contributed by atoms with van der Waals surface area (Å²) in [4.78, 5) is 16.6. The average Bonchev–Trinajstić information content (AvgIpc) is 3.16. The van der Waals surface area contributed by atoms with Gasteiger partial charge in [0.1, 0.15) is 0 Å². The van der Waals surface area contributed by atoms with E-state index in [0.29, 0.717) is 19.0 Å². The number of fused-ring (bicyclic) bond motifs is 3. The zero-order valence-corrected chi connectivity index (χ0v) is 20.0. The summed E-state index contributed by atoms with van der Waals surface area (Å²) in [6, 6.07) is 16.9. The first-order valence-electron chi connectivity index (χ1n) is 12.4. The van der Waals surface area contributed by atoms with Crippen LogP contribution >= 0.6 is 0 Å². The maximum Gasteiger partial charge on any atom is 0.175 e. The Hall–Kier alpha value is -2.17. The lowest BCUT2D eigenvalue weighted by molar-refractivity contribution is -0.135. The molecule has 0 amide bonds. The van der Waals surface area contributed by atoms with Crippen LogP contribution in [0, 0.1) is 0 Å². The lowest BCUT2D eigenvalue weighted by Gasteiger charge is -2.41. The number of aromatic nitrogens is 1. The number of carbonyl (C=O) groups is 1. The molecule has 1 aliphatic rings. The third kappa shape index (κ3) is 4.49. The third-order valence-corrected chi connectivity index (χ3v) is 7.22. The van der Waals surface area contributed by atoms with Crippen molar-refractivity contribution in [1.82, 2.24) is 9.47 Å². The fourth-order valence-electron chi connectivity index (χ4n) is 5.29. The average molecular weight is 435 g/mol. The molecular formula is C28H38N2O2. The highest BCUT2D eigenvalue weighted by Crippen LogP contribution is 2.36. The molecule has 1 fully saturated rings. The Kier molecular flexibility index (Phi) is 7.32. The van der Waals surface area contributed by atoms with E-state index in [1.165, 1.54) is 47.5 Å². The largest absolute Gasteiger partial charge is 0.379 e. The lowest BCUT2D eigenvalue weighted by atomic mass is 9.88. The first-order valence-corrected chi connectivity index (χ1v) is 12.4. The molecular weight excluding hydrogens is 396 g/mol. The van der Waals surface area contributed by atoms with Crippen molar-refractivity contribution >= 4 is 27.6 Å². The highest BCUT2D eigenvalue weighted by Gasteiger charge is 2.40. The minimum absolute atomic E-state index is 0.167. The summed E-state index contributed by atoms with van der Waals surface area (Å²) in [5, 5.41) is 2.46. The van der Waals surface area contributed by atoms with Crippen molar-refractivity contribution in [2.24, 2.45) is 0 Å². The Morgan fingerprint density at radius 2 is 1.47 bits per heavy atom. The molecule has 4 nitrogen and oxygen atoms in total. The van der Waals surface area contributed by atoms with E-state index in [4.69, 9.17) is 4.74 Å². The highest BCUT2D eigenvalue weighted by atomic mass is 16.5. The van der Waals surface area contributed by atoms with E-state index in [1.54, 1.807) is 0 Å². The molecule has 4 rings (SSSR count). The van der Waals surface area contributed by atoms with Gasteiger partial charge in [0, 0.05) is 34.9 Å². The van der Waals surface area contributed by atoms with Crippen molar-refractivity contribution in [3.05, 3.63) is 48.5 Å².